The highest BCUT2D eigenvalue weighted by Gasteiger charge is 2.22. The zero-order valence-electron chi connectivity index (χ0n) is 10.8. The van der Waals surface area contributed by atoms with Crippen LogP contribution in [0.2, 0.25) is 0 Å². The fourth-order valence-electron chi connectivity index (χ4n) is 1.70. The molecule has 0 aromatic heterocycles. The van der Waals surface area contributed by atoms with E-state index in [-0.39, 0.29) is 17.1 Å². The van der Waals surface area contributed by atoms with Crippen LogP contribution in [0.15, 0.2) is 42.5 Å². The van der Waals surface area contributed by atoms with Gasteiger partial charge in [-0.1, -0.05) is 12.1 Å². The summed E-state index contributed by atoms with van der Waals surface area (Å²) in [5.74, 6) is -1.66. The normalized spacial score (nSPS) is 10.0. The number of carboxylic acid groups (broad SMARTS) is 1. The molecular weight excluding hydrogens is 296 g/mol. The molecule has 22 heavy (non-hydrogen) atoms. The average molecular weight is 304 g/mol. The maximum atomic E-state index is 11.1. The van der Waals surface area contributed by atoms with Gasteiger partial charge in [0.25, 0.3) is 5.69 Å². The Kier molecular flexibility index (Phi) is 3.98. The lowest BCUT2D eigenvalue weighted by molar-refractivity contribution is -0.394. The molecule has 0 spiro atoms. The Labute approximate surface area is 122 Å². The first-order chi connectivity index (χ1) is 10.4. The van der Waals surface area contributed by atoms with E-state index < -0.39 is 27.2 Å². The minimum Gasteiger partial charge on any atom is -0.478 e. The van der Waals surface area contributed by atoms with Crippen molar-refractivity contribution in [2.75, 3.05) is 0 Å². The SMILES string of the molecule is O=C(O)c1ccccc1Oc1ccc([N+](=O)[O-])cc1[N+](=O)[O-]. The molecule has 0 aliphatic rings. The highest BCUT2D eigenvalue weighted by molar-refractivity contribution is 5.91. The minimum absolute atomic E-state index is 0.105. The smallest absolute Gasteiger partial charge is 0.339 e. The van der Waals surface area contributed by atoms with Crippen LogP contribution in [0.4, 0.5) is 11.4 Å². The molecule has 2 aromatic rings. The number of ether oxygens (including phenoxy) is 1. The van der Waals surface area contributed by atoms with Crippen molar-refractivity contribution >= 4 is 17.3 Å². The molecule has 0 unspecified atom stereocenters. The molecule has 0 radical (unpaired) electrons. The molecule has 1 N–H and O–H groups in total. The average Bonchev–Trinajstić information content (AvgIpc) is 2.47. The van der Waals surface area contributed by atoms with E-state index in [0.29, 0.717) is 0 Å². The van der Waals surface area contributed by atoms with Gasteiger partial charge in [0.1, 0.15) is 11.3 Å². The number of nitro benzene ring substituents is 2. The number of nitro groups is 2. The van der Waals surface area contributed by atoms with E-state index in [1.165, 1.54) is 24.3 Å². The summed E-state index contributed by atoms with van der Waals surface area (Å²) in [7, 11) is 0. The molecule has 2 aromatic carbocycles. The third-order valence-electron chi connectivity index (χ3n) is 2.69. The highest BCUT2D eigenvalue weighted by atomic mass is 16.6. The number of hydrogen-bond donors (Lipinski definition) is 1. The quantitative estimate of drug-likeness (QED) is 0.662. The molecule has 9 nitrogen and oxygen atoms in total. The number of rotatable bonds is 5. The number of carbonyl (C=O) groups is 1. The molecule has 0 bridgehead atoms. The van der Waals surface area contributed by atoms with Gasteiger partial charge in [0.2, 0.25) is 5.75 Å². The molecule has 0 heterocycles. The molecule has 112 valence electrons. The predicted molar refractivity (Wildman–Crippen MR) is 73.2 cm³/mol. The largest absolute Gasteiger partial charge is 0.478 e. The van der Waals surface area contributed by atoms with Gasteiger partial charge in [-0.15, -0.1) is 0 Å². The number of non-ortho nitro benzene ring substituents is 1. The molecule has 0 atom stereocenters. The van der Waals surface area contributed by atoms with E-state index in [1.54, 1.807) is 0 Å². The predicted octanol–water partition coefficient (Wildman–Crippen LogP) is 2.99. The lowest BCUT2D eigenvalue weighted by atomic mass is 10.2. The van der Waals surface area contributed by atoms with Gasteiger partial charge in [0.15, 0.2) is 0 Å². The first kappa shape index (κ1) is 14.9. The molecule has 0 saturated heterocycles. The number of hydrogen-bond acceptors (Lipinski definition) is 6. The van der Waals surface area contributed by atoms with Gasteiger partial charge in [-0.3, -0.25) is 20.2 Å². The summed E-state index contributed by atoms with van der Waals surface area (Å²) >= 11 is 0. The third kappa shape index (κ3) is 2.98. The lowest BCUT2D eigenvalue weighted by Crippen LogP contribution is -2.01. The van der Waals surface area contributed by atoms with Gasteiger partial charge >= 0.3 is 11.7 Å². The highest BCUT2D eigenvalue weighted by Crippen LogP contribution is 2.35. The van der Waals surface area contributed by atoms with Gasteiger partial charge in [-0.25, -0.2) is 4.79 Å². The van der Waals surface area contributed by atoms with E-state index in [4.69, 9.17) is 9.84 Å². The molecule has 0 amide bonds. The summed E-state index contributed by atoms with van der Waals surface area (Å²) in [5.41, 5.74) is -1.28. The summed E-state index contributed by atoms with van der Waals surface area (Å²) in [6, 6.07) is 8.41. The number of nitrogens with zero attached hydrogens (tertiary/aromatic N) is 2. The second kappa shape index (κ2) is 5.87. The number of carboxylic acids is 1. The Morgan fingerprint density at radius 2 is 1.68 bits per heavy atom. The van der Waals surface area contributed by atoms with E-state index in [9.17, 15) is 25.0 Å². The summed E-state index contributed by atoms with van der Waals surface area (Å²) in [6.07, 6.45) is 0. The zero-order chi connectivity index (χ0) is 16.3. The first-order valence-electron chi connectivity index (χ1n) is 5.83. The molecule has 2 rings (SSSR count). The van der Waals surface area contributed by atoms with Gasteiger partial charge in [0, 0.05) is 6.07 Å². The molecule has 0 fully saturated rings. The van der Waals surface area contributed by atoms with Gasteiger partial charge < -0.3 is 9.84 Å². The van der Waals surface area contributed by atoms with Crippen molar-refractivity contribution in [1.82, 2.24) is 0 Å². The van der Waals surface area contributed by atoms with Gasteiger partial charge in [0.05, 0.1) is 15.9 Å². The molecular formula is C13H8N2O7. The van der Waals surface area contributed by atoms with Crippen LogP contribution in [0.3, 0.4) is 0 Å². The Bertz CT molecular complexity index is 773. The van der Waals surface area contributed by atoms with Crippen LogP contribution in [0, 0.1) is 20.2 Å². The summed E-state index contributed by atoms with van der Waals surface area (Å²) in [5, 5.41) is 30.7. The number of para-hydroxylation sites is 1. The van der Waals surface area contributed by atoms with E-state index >= 15 is 0 Å². The molecule has 9 heteroatoms. The van der Waals surface area contributed by atoms with Crippen molar-refractivity contribution in [3.05, 3.63) is 68.3 Å². The van der Waals surface area contributed by atoms with Gasteiger partial charge in [-0.2, -0.15) is 0 Å². The van der Waals surface area contributed by atoms with E-state index in [0.717, 1.165) is 18.2 Å². The number of benzene rings is 2. The maximum Gasteiger partial charge on any atom is 0.339 e. The molecule has 0 aliphatic heterocycles. The third-order valence-corrected chi connectivity index (χ3v) is 2.69. The van der Waals surface area contributed by atoms with Crippen molar-refractivity contribution in [3.63, 3.8) is 0 Å². The maximum absolute atomic E-state index is 11.1. The Balaban J connectivity index is 2.48. The second-order valence-electron chi connectivity index (χ2n) is 4.07. The Hall–Kier alpha value is -3.49. The standard InChI is InChI=1S/C13H8N2O7/c16-13(17)9-3-1-2-4-11(9)22-12-6-5-8(14(18)19)7-10(12)15(20)21/h1-7H,(H,16,17). The van der Waals surface area contributed by atoms with Crippen LogP contribution >= 0.6 is 0 Å². The van der Waals surface area contributed by atoms with Crippen LogP contribution in [0.5, 0.6) is 11.5 Å². The van der Waals surface area contributed by atoms with Crippen molar-refractivity contribution in [2.45, 2.75) is 0 Å². The van der Waals surface area contributed by atoms with Crippen molar-refractivity contribution in [1.29, 1.82) is 0 Å². The zero-order valence-corrected chi connectivity index (χ0v) is 10.8. The lowest BCUT2D eigenvalue weighted by Gasteiger charge is -2.08. The fraction of sp³-hybridized carbons (Fsp3) is 0. The summed E-state index contributed by atoms with van der Waals surface area (Å²) < 4.78 is 5.25. The Morgan fingerprint density at radius 1 is 1.00 bits per heavy atom. The van der Waals surface area contributed by atoms with E-state index in [1.807, 2.05) is 0 Å². The van der Waals surface area contributed by atoms with Crippen molar-refractivity contribution in [3.8, 4) is 11.5 Å². The fourth-order valence-corrected chi connectivity index (χ4v) is 1.70. The summed E-state index contributed by atoms with van der Waals surface area (Å²) in [6.45, 7) is 0. The van der Waals surface area contributed by atoms with Crippen LogP contribution in [-0.2, 0) is 0 Å². The summed E-state index contributed by atoms with van der Waals surface area (Å²) in [4.78, 5) is 31.1. The van der Waals surface area contributed by atoms with Crippen LogP contribution in [0.25, 0.3) is 0 Å². The van der Waals surface area contributed by atoms with Gasteiger partial charge in [-0.05, 0) is 18.2 Å². The second-order valence-corrected chi connectivity index (χ2v) is 4.07. The van der Waals surface area contributed by atoms with Crippen molar-refractivity contribution < 1.29 is 24.5 Å². The van der Waals surface area contributed by atoms with E-state index in [2.05, 4.69) is 0 Å². The molecule has 0 aliphatic carbocycles. The minimum atomic E-state index is -1.26. The van der Waals surface area contributed by atoms with Crippen LogP contribution in [0.1, 0.15) is 10.4 Å². The van der Waals surface area contributed by atoms with Crippen LogP contribution in [-0.4, -0.2) is 20.9 Å². The first-order valence-corrected chi connectivity index (χ1v) is 5.83. The monoisotopic (exact) mass is 304 g/mol. The number of aromatic carboxylic acids is 1. The van der Waals surface area contributed by atoms with Crippen molar-refractivity contribution in [2.24, 2.45) is 0 Å². The topological polar surface area (TPSA) is 133 Å². The Morgan fingerprint density at radius 3 is 2.27 bits per heavy atom. The molecule has 0 saturated carbocycles. The van der Waals surface area contributed by atoms with Crippen LogP contribution < -0.4 is 4.74 Å².